The van der Waals surface area contributed by atoms with E-state index < -0.39 is 5.97 Å². The Kier molecular flexibility index (Phi) is 5.69. The van der Waals surface area contributed by atoms with Crippen LogP contribution in [0.3, 0.4) is 0 Å². The van der Waals surface area contributed by atoms with Crippen molar-refractivity contribution in [2.75, 3.05) is 19.0 Å². The SMILES string of the molecule is COC(=O)COc1ccc(NC(=O)Cn2ncc(=O)c3ccccc32)c(C)c1. The van der Waals surface area contributed by atoms with E-state index in [1.165, 1.54) is 18.0 Å². The molecule has 3 aromatic rings. The molecule has 2 aromatic carbocycles. The largest absolute Gasteiger partial charge is 0.482 e. The van der Waals surface area contributed by atoms with Gasteiger partial charge >= 0.3 is 5.97 Å². The van der Waals surface area contributed by atoms with Gasteiger partial charge in [-0.3, -0.25) is 14.3 Å². The van der Waals surface area contributed by atoms with Gasteiger partial charge in [-0.05, 0) is 42.8 Å². The van der Waals surface area contributed by atoms with Crippen molar-refractivity contribution < 1.29 is 19.1 Å². The van der Waals surface area contributed by atoms with E-state index in [-0.39, 0.29) is 24.5 Å². The number of fused-ring (bicyclic) bond motifs is 1. The summed E-state index contributed by atoms with van der Waals surface area (Å²) < 4.78 is 11.3. The van der Waals surface area contributed by atoms with Gasteiger partial charge in [-0.1, -0.05) is 12.1 Å². The third kappa shape index (κ3) is 4.35. The molecule has 0 radical (unpaired) electrons. The second kappa shape index (κ2) is 8.34. The van der Waals surface area contributed by atoms with Gasteiger partial charge in [0.1, 0.15) is 12.3 Å². The minimum Gasteiger partial charge on any atom is -0.482 e. The molecule has 28 heavy (non-hydrogen) atoms. The van der Waals surface area contributed by atoms with Crippen molar-refractivity contribution in [2.45, 2.75) is 13.5 Å². The number of ether oxygens (including phenoxy) is 2. The molecule has 0 saturated heterocycles. The summed E-state index contributed by atoms with van der Waals surface area (Å²) in [7, 11) is 1.29. The molecule has 1 N–H and O–H groups in total. The van der Waals surface area contributed by atoms with Crippen LogP contribution in [0.4, 0.5) is 5.69 Å². The summed E-state index contributed by atoms with van der Waals surface area (Å²) in [6.07, 6.45) is 1.20. The molecule has 1 aromatic heterocycles. The standard InChI is InChI=1S/C20H19N3O5/c1-13-9-14(28-12-20(26)27-2)7-8-16(13)22-19(25)11-23-17-6-4-3-5-15(17)18(24)10-21-23/h3-10H,11-12H2,1-2H3,(H,22,25). The number of aromatic nitrogens is 2. The normalized spacial score (nSPS) is 10.5. The van der Waals surface area contributed by atoms with Gasteiger partial charge < -0.3 is 14.8 Å². The number of amides is 1. The Morgan fingerprint density at radius 1 is 1.18 bits per heavy atom. The number of aryl methyl sites for hydroxylation is 1. The second-order valence-corrected chi connectivity index (χ2v) is 6.07. The van der Waals surface area contributed by atoms with Crippen molar-refractivity contribution in [3.05, 3.63) is 64.4 Å². The number of anilines is 1. The molecular weight excluding hydrogens is 362 g/mol. The molecule has 0 aliphatic rings. The molecule has 8 nitrogen and oxygen atoms in total. The fourth-order valence-corrected chi connectivity index (χ4v) is 2.68. The summed E-state index contributed by atoms with van der Waals surface area (Å²) >= 11 is 0. The molecular formula is C20H19N3O5. The summed E-state index contributed by atoms with van der Waals surface area (Å²) in [5.41, 5.74) is 1.79. The van der Waals surface area contributed by atoms with Crippen molar-refractivity contribution in [3.8, 4) is 5.75 Å². The molecule has 0 aliphatic heterocycles. The number of esters is 1. The highest BCUT2D eigenvalue weighted by Gasteiger charge is 2.10. The number of carbonyl (C=O) groups is 2. The predicted octanol–water partition coefficient (Wildman–Crippen LogP) is 1.90. The highest BCUT2D eigenvalue weighted by atomic mass is 16.6. The number of benzene rings is 2. The average Bonchev–Trinajstić information content (AvgIpc) is 2.70. The van der Waals surface area contributed by atoms with E-state index in [9.17, 15) is 14.4 Å². The molecule has 1 heterocycles. The smallest absolute Gasteiger partial charge is 0.343 e. The van der Waals surface area contributed by atoms with E-state index in [2.05, 4.69) is 15.2 Å². The predicted molar refractivity (Wildman–Crippen MR) is 103 cm³/mol. The Morgan fingerprint density at radius 2 is 1.96 bits per heavy atom. The maximum Gasteiger partial charge on any atom is 0.343 e. The number of para-hydroxylation sites is 1. The fourth-order valence-electron chi connectivity index (χ4n) is 2.68. The van der Waals surface area contributed by atoms with Gasteiger partial charge in [0, 0.05) is 11.1 Å². The Morgan fingerprint density at radius 3 is 2.71 bits per heavy atom. The van der Waals surface area contributed by atoms with Gasteiger partial charge in [-0.25, -0.2) is 4.79 Å². The van der Waals surface area contributed by atoms with Gasteiger partial charge in [-0.2, -0.15) is 5.10 Å². The molecule has 0 spiro atoms. The van der Waals surface area contributed by atoms with Crippen LogP contribution in [0.15, 0.2) is 53.5 Å². The number of hydrogen-bond acceptors (Lipinski definition) is 6. The molecule has 0 atom stereocenters. The van der Waals surface area contributed by atoms with Crippen LogP contribution in [-0.2, 0) is 20.9 Å². The monoisotopic (exact) mass is 381 g/mol. The minimum absolute atomic E-state index is 0.0408. The molecule has 8 heteroatoms. The van der Waals surface area contributed by atoms with Crippen LogP contribution in [-0.4, -0.2) is 35.4 Å². The Hall–Kier alpha value is -3.68. The lowest BCUT2D eigenvalue weighted by Crippen LogP contribution is -2.22. The molecule has 1 amide bonds. The van der Waals surface area contributed by atoms with Crippen LogP contribution in [0.1, 0.15) is 5.56 Å². The van der Waals surface area contributed by atoms with Crippen LogP contribution in [0.2, 0.25) is 0 Å². The van der Waals surface area contributed by atoms with E-state index in [1.54, 1.807) is 42.5 Å². The van der Waals surface area contributed by atoms with Crippen molar-refractivity contribution in [1.82, 2.24) is 9.78 Å². The van der Waals surface area contributed by atoms with Crippen molar-refractivity contribution in [2.24, 2.45) is 0 Å². The highest BCUT2D eigenvalue weighted by molar-refractivity contribution is 5.92. The van der Waals surface area contributed by atoms with Gasteiger partial charge in [0.2, 0.25) is 11.3 Å². The quantitative estimate of drug-likeness (QED) is 0.655. The number of nitrogens with zero attached hydrogens (tertiary/aromatic N) is 2. The Labute approximate surface area is 160 Å². The van der Waals surface area contributed by atoms with E-state index >= 15 is 0 Å². The number of hydrogen-bond donors (Lipinski definition) is 1. The second-order valence-electron chi connectivity index (χ2n) is 6.07. The number of methoxy groups -OCH3 is 1. The molecule has 0 bridgehead atoms. The maximum atomic E-state index is 12.5. The first kappa shape index (κ1) is 19.1. The van der Waals surface area contributed by atoms with Crippen molar-refractivity contribution >= 4 is 28.5 Å². The first-order chi connectivity index (χ1) is 13.5. The lowest BCUT2D eigenvalue weighted by molar-refractivity contribution is -0.142. The molecule has 0 unspecified atom stereocenters. The zero-order valence-electron chi connectivity index (χ0n) is 15.5. The summed E-state index contributed by atoms with van der Waals surface area (Å²) in [6, 6.07) is 12.1. The topological polar surface area (TPSA) is 99.5 Å². The molecule has 0 aliphatic carbocycles. The van der Waals surface area contributed by atoms with Gasteiger partial charge in [-0.15, -0.1) is 0 Å². The van der Waals surface area contributed by atoms with E-state index in [0.717, 1.165) is 5.56 Å². The molecule has 3 rings (SSSR count). The molecule has 0 saturated carbocycles. The zero-order valence-corrected chi connectivity index (χ0v) is 15.5. The van der Waals surface area contributed by atoms with Crippen LogP contribution in [0.25, 0.3) is 10.9 Å². The summed E-state index contributed by atoms with van der Waals surface area (Å²) in [5, 5.41) is 7.38. The zero-order chi connectivity index (χ0) is 20.1. The number of nitrogens with one attached hydrogen (secondary N) is 1. The van der Waals surface area contributed by atoms with Gasteiger partial charge in [0.25, 0.3) is 0 Å². The van der Waals surface area contributed by atoms with Crippen LogP contribution < -0.4 is 15.5 Å². The van der Waals surface area contributed by atoms with Crippen molar-refractivity contribution in [1.29, 1.82) is 0 Å². The average molecular weight is 381 g/mol. The maximum absolute atomic E-state index is 12.5. The first-order valence-electron chi connectivity index (χ1n) is 8.53. The van der Waals surface area contributed by atoms with Gasteiger partial charge in [0.05, 0.1) is 18.8 Å². The van der Waals surface area contributed by atoms with Crippen molar-refractivity contribution in [3.63, 3.8) is 0 Å². The number of carbonyl (C=O) groups excluding carboxylic acids is 2. The lowest BCUT2D eigenvalue weighted by atomic mass is 10.2. The highest BCUT2D eigenvalue weighted by Crippen LogP contribution is 2.21. The summed E-state index contributed by atoms with van der Waals surface area (Å²) in [4.78, 5) is 35.5. The molecule has 144 valence electrons. The van der Waals surface area contributed by atoms with Gasteiger partial charge in [0.15, 0.2) is 6.61 Å². The Balaban J connectivity index is 1.71. The van der Waals surface area contributed by atoms with E-state index in [0.29, 0.717) is 22.3 Å². The summed E-state index contributed by atoms with van der Waals surface area (Å²) in [5.74, 6) is -0.266. The van der Waals surface area contributed by atoms with Crippen LogP contribution in [0.5, 0.6) is 5.75 Å². The van der Waals surface area contributed by atoms with Crippen LogP contribution in [0, 0.1) is 6.92 Å². The third-order valence-electron chi connectivity index (χ3n) is 4.11. The summed E-state index contributed by atoms with van der Waals surface area (Å²) in [6.45, 7) is 1.58. The van der Waals surface area contributed by atoms with E-state index in [4.69, 9.17) is 4.74 Å². The third-order valence-corrected chi connectivity index (χ3v) is 4.11. The minimum atomic E-state index is -0.476. The van der Waals surface area contributed by atoms with Crippen LogP contribution >= 0.6 is 0 Å². The number of rotatable bonds is 6. The first-order valence-corrected chi connectivity index (χ1v) is 8.53. The Bertz CT molecular complexity index is 1090. The molecule has 0 fully saturated rings. The van der Waals surface area contributed by atoms with E-state index in [1.807, 2.05) is 6.92 Å². The fraction of sp³-hybridized carbons (Fsp3) is 0.200. The lowest BCUT2D eigenvalue weighted by Gasteiger charge is -2.12.